The van der Waals surface area contributed by atoms with Crippen molar-refractivity contribution in [1.29, 1.82) is 0 Å². The maximum absolute atomic E-state index is 12.8. The molecule has 0 aliphatic carbocycles. The molecule has 0 aromatic carbocycles. The van der Waals surface area contributed by atoms with Gasteiger partial charge in [0.15, 0.2) is 5.03 Å². The molecule has 1 aliphatic rings. The van der Waals surface area contributed by atoms with Gasteiger partial charge in [0.1, 0.15) is 5.60 Å². The van der Waals surface area contributed by atoms with Gasteiger partial charge in [-0.2, -0.15) is 9.40 Å². The Kier molecular flexibility index (Phi) is 5.21. The van der Waals surface area contributed by atoms with E-state index in [1.165, 1.54) is 26.2 Å². The monoisotopic (exact) mass is 359 g/mol. The van der Waals surface area contributed by atoms with Gasteiger partial charge < -0.3 is 15.4 Å². The zero-order valence-electron chi connectivity index (χ0n) is 14.5. The summed E-state index contributed by atoms with van der Waals surface area (Å²) < 4.78 is 33.6. The normalized spacial score (nSPS) is 20.2. The lowest BCUT2D eigenvalue weighted by Crippen LogP contribution is -2.59. The molecule has 1 unspecified atom stereocenters. The lowest BCUT2D eigenvalue weighted by molar-refractivity contribution is 0.0137. The molecular weight excluding hydrogens is 334 g/mol. The molecule has 0 saturated carbocycles. The van der Waals surface area contributed by atoms with Crippen LogP contribution in [-0.4, -0.2) is 71.3 Å². The van der Waals surface area contributed by atoms with Crippen LogP contribution in [0.3, 0.4) is 0 Å². The molecule has 2 N–H and O–H groups in total. The van der Waals surface area contributed by atoms with E-state index in [4.69, 9.17) is 10.5 Å². The largest absolute Gasteiger partial charge is 0.444 e. The minimum Gasteiger partial charge on any atom is -0.444 e. The zero-order valence-corrected chi connectivity index (χ0v) is 15.3. The third kappa shape index (κ3) is 3.87. The van der Waals surface area contributed by atoms with Crippen LogP contribution in [0.25, 0.3) is 0 Å². The van der Waals surface area contributed by atoms with E-state index in [1.54, 1.807) is 27.8 Å². The van der Waals surface area contributed by atoms with Crippen LogP contribution in [0, 0.1) is 0 Å². The molecule has 0 bridgehead atoms. The summed E-state index contributed by atoms with van der Waals surface area (Å²) in [5.74, 6) is 0. The molecule has 10 heteroatoms. The van der Waals surface area contributed by atoms with Gasteiger partial charge in [0, 0.05) is 33.2 Å². The molecule has 1 atom stereocenters. The highest BCUT2D eigenvalue weighted by atomic mass is 32.2. The van der Waals surface area contributed by atoms with Gasteiger partial charge in [-0.3, -0.25) is 4.68 Å². The van der Waals surface area contributed by atoms with Crippen LogP contribution in [0.5, 0.6) is 0 Å². The molecule has 1 amide bonds. The maximum Gasteiger partial charge on any atom is 0.410 e. The van der Waals surface area contributed by atoms with Gasteiger partial charge in [-0.05, 0) is 26.8 Å². The van der Waals surface area contributed by atoms with Gasteiger partial charge in [0.25, 0.3) is 10.0 Å². The number of nitrogens with two attached hydrogens (primary N) is 1. The van der Waals surface area contributed by atoms with E-state index >= 15 is 0 Å². The molecule has 9 nitrogen and oxygen atoms in total. The summed E-state index contributed by atoms with van der Waals surface area (Å²) in [4.78, 5) is 13.7. The molecule has 136 valence electrons. The third-order valence-corrected chi connectivity index (χ3v) is 5.73. The van der Waals surface area contributed by atoms with Gasteiger partial charge in [-0.25, -0.2) is 13.2 Å². The minimum absolute atomic E-state index is 0.103. The minimum atomic E-state index is -3.72. The number of ether oxygens (including phenoxy) is 1. The Labute approximate surface area is 142 Å². The Bertz CT molecular complexity index is 694. The van der Waals surface area contributed by atoms with Crippen LogP contribution in [0.2, 0.25) is 0 Å². The lowest BCUT2D eigenvalue weighted by Gasteiger charge is -2.40. The van der Waals surface area contributed by atoms with Crippen LogP contribution in [0.15, 0.2) is 17.3 Å². The fourth-order valence-electron chi connectivity index (χ4n) is 2.57. The average Bonchev–Trinajstić information content (AvgIpc) is 2.91. The smallest absolute Gasteiger partial charge is 0.410 e. The molecule has 1 fully saturated rings. The van der Waals surface area contributed by atoms with Crippen molar-refractivity contribution in [1.82, 2.24) is 19.0 Å². The summed E-state index contributed by atoms with van der Waals surface area (Å²) in [5.41, 5.74) is 5.16. The number of sulfonamides is 1. The van der Waals surface area contributed by atoms with Gasteiger partial charge in [-0.15, -0.1) is 0 Å². The molecular formula is C14H25N5O4S. The van der Waals surface area contributed by atoms with E-state index in [9.17, 15) is 13.2 Å². The highest BCUT2D eigenvalue weighted by molar-refractivity contribution is 7.89. The van der Waals surface area contributed by atoms with Crippen LogP contribution in [0.4, 0.5) is 4.79 Å². The highest BCUT2D eigenvalue weighted by Gasteiger charge is 2.39. The Hall–Kier alpha value is -1.65. The third-order valence-electron chi connectivity index (χ3n) is 3.70. The van der Waals surface area contributed by atoms with Crippen molar-refractivity contribution in [2.24, 2.45) is 12.8 Å². The number of carbonyl (C=O) groups excluding carboxylic acids is 1. The van der Waals surface area contributed by atoms with E-state index in [0.29, 0.717) is 0 Å². The van der Waals surface area contributed by atoms with E-state index in [-0.39, 0.29) is 31.2 Å². The Morgan fingerprint density at radius 2 is 2.08 bits per heavy atom. The second-order valence-electron chi connectivity index (χ2n) is 6.72. The molecule has 0 spiro atoms. The number of hydrogen-bond donors (Lipinski definition) is 1. The first-order chi connectivity index (χ1) is 11.1. The van der Waals surface area contributed by atoms with Crippen LogP contribution >= 0.6 is 0 Å². The second kappa shape index (κ2) is 6.69. The SMILES string of the molecule is Cn1nccc1S(=O)(=O)N1CCN(C(=O)OC(C)(C)C)CC1CN. The van der Waals surface area contributed by atoms with Gasteiger partial charge >= 0.3 is 6.09 Å². The summed E-state index contributed by atoms with van der Waals surface area (Å²) in [6.07, 6.45) is 0.972. The van der Waals surface area contributed by atoms with Crippen LogP contribution in [-0.2, 0) is 21.8 Å². The molecule has 2 heterocycles. The molecule has 1 saturated heterocycles. The number of aryl methyl sites for hydroxylation is 1. The predicted octanol–water partition coefficient (Wildman–Crippen LogP) is -0.0112. The van der Waals surface area contributed by atoms with Gasteiger partial charge in [0.2, 0.25) is 0 Å². The first-order valence-corrected chi connectivity index (χ1v) is 9.18. The molecule has 1 aromatic heterocycles. The topological polar surface area (TPSA) is 111 Å². The van der Waals surface area contributed by atoms with Crippen molar-refractivity contribution in [3.05, 3.63) is 12.3 Å². The number of carbonyl (C=O) groups is 1. The fraction of sp³-hybridized carbons (Fsp3) is 0.714. The maximum atomic E-state index is 12.8. The molecule has 1 aromatic rings. The average molecular weight is 359 g/mol. The molecule has 1 aliphatic heterocycles. The van der Waals surface area contributed by atoms with Crippen molar-refractivity contribution in [2.75, 3.05) is 26.2 Å². The Morgan fingerprint density at radius 3 is 2.58 bits per heavy atom. The second-order valence-corrected chi connectivity index (χ2v) is 8.56. The van der Waals surface area contributed by atoms with E-state index in [1.807, 2.05) is 0 Å². The number of nitrogens with zero attached hydrogens (tertiary/aromatic N) is 4. The van der Waals surface area contributed by atoms with Crippen LogP contribution < -0.4 is 5.73 Å². The zero-order chi connectivity index (χ0) is 18.1. The van der Waals surface area contributed by atoms with E-state index < -0.39 is 27.8 Å². The van der Waals surface area contributed by atoms with Gasteiger partial charge in [0.05, 0.1) is 12.2 Å². The molecule has 2 rings (SSSR count). The van der Waals surface area contributed by atoms with Crippen molar-refractivity contribution in [3.63, 3.8) is 0 Å². The van der Waals surface area contributed by atoms with Crippen molar-refractivity contribution in [3.8, 4) is 0 Å². The van der Waals surface area contributed by atoms with E-state index in [0.717, 1.165) is 0 Å². The van der Waals surface area contributed by atoms with Crippen LogP contribution in [0.1, 0.15) is 20.8 Å². The highest BCUT2D eigenvalue weighted by Crippen LogP contribution is 2.21. The number of hydrogen-bond acceptors (Lipinski definition) is 6. The summed E-state index contributed by atoms with van der Waals surface area (Å²) in [7, 11) is -2.15. The van der Waals surface area contributed by atoms with Crippen molar-refractivity contribution in [2.45, 2.75) is 37.4 Å². The van der Waals surface area contributed by atoms with Gasteiger partial charge in [-0.1, -0.05) is 0 Å². The van der Waals surface area contributed by atoms with E-state index in [2.05, 4.69) is 5.10 Å². The standard InChI is InChI=1S/C14H25N5O4S/c1-14(2,3)23-13(20)18-7-8-19(11(9-15)10-18)24(21,22)12-5-6-16-17(12)4/h5-6,11H,7-10,15H2,1-4H3. The predicted molar refractivity (Wildman–Crippen MR) is 87.7 cm³/mol. The van der Waals surface area contributed by atoms with Crippen molar-refractivity contribution >= 4 is 16.1 Å². The molecule has 24 heavy (non-hydrogen) atoms. The fourth-order valence-corrected chi connectivity index (χ4v) is 4.30. The summed E-state index contributed by atoms with van der Waals surface area (Å²) in [6, 6.07) is 0.939. The lowest BCUT2D eigenvalue weighted by atomic mass is 10.2. The molecule has 0 radical (unpaired) electrons. The summed E-state index contributed by atoms with van der Waals surface area (Å²) >= 11 is 0. The number of rotatable bonds is 3. The number of piperazine rings is 1. The number of aromatic nitrogens is 2. The Balaban J connectivity index is 2.17. The quantitative estimate of drug-likeness (QED) is 0.812. The first-order valence-electron chi connectivity index (χ1n) is 7.74. The van der Waals surface area contributed by atoms with Crippen molar-refractivity contribution < 1.29 is 17.9 Å². The summed E-state index contributed by atoms with van der Waals surface area (Å²) in [6.45, 7) is 6.08. The Morgan fingerprint density at radius 1 is 1.42 bits per heavy atom. The first kappa shape index (κ1) is 18.7. The summed E-state index contributed by atoms with van der Waals surface area (Å²) in [5, 5.41) is 4.01. The number of amides is 1.